The molecule has 1 N–H and O–H groups in total. The molecule has 2 aromatic rings. The predicted octanol–water partition coefficient (Wildman–Crippen LogP) is 4.30. The number of likely N-dealkylation sites (tertiary alicyclic amines) is 1. The maximum absolute atomic E-state index is 12.6. The van der Waals surface area contributed by atoms with Crippen LogP contribution in [0.5, 0.6) is 0 Å². The smallest absolute Gasteiger partial charge is 0.251 e. The first-order valence-electron chi connectivity index (χ1n) is 10.8. The minimum absolute atomic E-state index is 0.0528. The van der Waals surface area contributed by atoms with E-state index in [1.807, 2.05) is 18.2 Å². The molecule has 1 amide bonds. The topological polar surface area (TPSA) is 58.1 Å². The first-order chi connectivity index (χ1) is 14.3. The third kappa shape index (κ3) is 6.03. The molecule has 0 bridgehead atoms. The monoisotopic (exact) mass is 410 g/mol. The Morgan fingerprint density at radius 1 is 1.00 bits per heavy atom. The van der Waals surface area contributed by atoms with Gasteiger partial charge in [-0.05, 0) is 75.4 Å². The molecule has 1 saturated heterocycles. The number of hydrogen-bond acceptors (Lipinski definition) is 5. The van der Waals surface area contributed by atoms with E-state index in [1.54, 1.807) is 24.2 Å². The molecule has 0 atom stereocenters. The zero-order chi connectivity index (χ0) is 19.9. The van der Waals surface area contributed by atoms with Crippen LogP contribution in [-0.2, 0) is 6.54 Å². The number of nitrogens with one attached hydrogen (secondary N) is 1. The van der Waals surface area contributed by atoms with Crippen LogP contribution in [0.4, 0.5) is 0 Å². The average molecular weight is 411 g/mol. The van der Waals surface area contributed by atoms with Gasteiger partial charge in [0.2, 0.25) is 0 Å². The van der Waals surface area contributed by atoms with Crippen molar-refractivity contribution in [2.75, 3.05) is 13.1 Å². The van der Waals surface area contributed by atoms with Gasteiger partial charge in [-0.1, -0.05) is 30.3 Å². The number of nitrogens with zero attached hydrogens (tertiary/aromatic N) is 3. The fourth-order valence-electron chi connectivity index (χ4n) is 4.23. The second-order valence-electron chi connectivity index (χ2n) is 8.13. The highest BCUT2D eigenvalue weighted by Gasteiger charge is 2.24. The van der Waals surface area contributed by atoms with Crippen LogP contribution in [0.25, 0.3) is 0 Å². The number of rotatable bonds is 6. The van der Waals surface area contributed by atoms with Crippen molar-refractivity contribution in [2.45, 2.75) is 67.9 Å². The van der Waals surface area contributed by atoms with Gasteiger partial charge in [-0.15, -0.1) is 0 Å². The van der Waals surface area contributed by atoms with Gasteiger partial charge in [-0.3, -0.25) is 9.69 Å². The van der Waals surface area contributed by atoms with Crippen LogP contribution < -0.4 is 5.32 Å². The Bertz CT molecular complexity index is 769. The van der Waals surface area contributed by atoms with Crippen LogP contribution >= 0.6 is 11.8 Å². The number of thioether (sulfide) groups is 1. The lowest BCUT2D eigenvalue weighted by molar-refractivity contribution is 0.0928. The van der Waals surface area contributed by atoms with E-state index in [4.69, 9.17) is 0 Å². The van der Waals surface area contributed by atoms with Crippen molar-refractivity contribution in [2.24, 2.45) is 0 Å². The third-order valence-corrected chi connectivity index (χ3v) is 7.12. The largest absolute Gasteiger partial charge is 0.349 e. The molecule has 0 spiro atoms. The molecule has 29 heavy (non-hydrogen) atoms. The summed E-state index contributed by atoms with van der Waals surface area (Å²) in [6.45, 7) is 3.38. The number of hydrogen-bond donors (Lipinski definition) is 1. The van der Waals surface area contributed by atoms with Crippen LogP contribution in [0.1, 0.15) is 60.9 Å². The van der Waals surface area contributed by atoms with E-state index >= 15 is 0 Å². The normalized spacial score (nSPS) is 22.9. The van der Waals surface area contributed by atoms with Crippen LogP contribution in [0.3, 0.4) is 0 Å². The highest BCUT2D eigenvalue weighted by molar-refractivity contribution is 7.99. The van der Waals surface area contributed by atoms with E-state index < -0.39 is 0 Å². The Labute approximate surface area is 177 Å². The van der Waals surface area contributed by atoms with Gasteiger partial charge in [-0.25, -0.2) is 9.97 Å². The molecule has 1 aliphatic heterocycles. The van der Waals surface area contributed by atoms with Crippen molar-refractivity contribution in [3.05, 3.63) is 53.9 Å². The van der Waals surface area contributed by atoms with Gasteiger partial charge < -0.3 is 5.32 Å². The lowest BCUT2D eigenvalue weighted by Gasteiger charge is -2.28. The van der Waals surface area contributed by atoms with Crippen LogP contribution in [-0.4, -0.2) is 45.2 Å². The van der Waals surface area contributed by atoms with E-state index in [0.29, 0.717) is 5.25 Å². The van der Waals surface area contributed by atoms with Crippen LogP contribution in [0.2, 0.25) is 0 Å². The number of carbonyl (C=O) groups excluding carboxylic acids is 1. The lowest BCUT2D eigenvalue weighted by Crippen LogP contribution is -2.38. The van der Waals surface area contributed by atoms with Gasteiger partial charge in [0.1, 0.15) is 0 Å². The molecular formula is C23H30N4OS. The third-order valence-electron chi connectivity index (χ3n) is 5.89. The van der Waals surface area contributed by atoms with Crippen LogP contribution in [0.15, 0.2) is 47.9 Å². The van der Waals surface area contributed by atoms with Gasteiger partial charge >= 0.3 is 0 Å². The molecule has 4 rings (SSSR count). The quantitative estimate of drug-likeness (QED) is 0.720. The summed E-state index contributed by atoms with van der Waals surface area (Å²) >= 11 is 1.76. The van der Waals surface area contributed by atoms with Crippen molar-refractivity contribution in [1.82, 2.24) is 20.2 Å². The molecular weight excluding hydrogens is 380 g/mol. The summed E-state index contributed by atoms with van der Waals surface area (Å²) in [6.07, 6.45) is 11.8. The molecule has 5 nitrogen and oxygen atoms in total. The summed E-state index contributed by atoms with van der Waals surface area (Å²) in [5.74, 6) is 0.0528. The number of amides is 1. The van der Waals surface area contributed by atoms with Crippen molar-refractivity contribution in [3.8, 4) is 0 Å². The molecule has 1 aromatic carbocycles. The lowest BCUT2D eigenvalue weighted by atomic mass is 9.94. The number of aromatic nitrogens is 2. The molecule has 0 radical (unpaired) electrons. The second-order valence-corrected chi connectivity index (χ2v) is 9.40. The molecule has 1 saturated carbocycles. The van der Waals surface area contributed by atoms with Crippen molar-refractivity contribution in [1.29, 1.82) is 0 Å². The summed E-state index contributed by atoms with van der Waals surface area (Å²) < 4.78 is 0. The molecule has 2 aliphatic rings. The second kappa shape index (κ2) is 10.2. The molecule has 6 heteroatoms. The highest BCUT2D eigenvalue weighted by atomic mass is 32.2. The molecule has 0 unspecified atom stereocenters. The maximum Gasteiger partial charge on any atom is 0.251 e. The Kier molecular flexibility index (Phi) is 7.17. The summed E-state index contributed by atoms with van der Waals surface area (Å²) in [7, 11) is 0. The summed E-state index contributed by atoms with van der Waals surface area (Å²) in [6, 6.07) is 10.3. The Morgan fingerprint density at radius 3 is 2.38 bits per heavy atom. The van der Waals surface area contributed by atoms with Crippen LogP contribution in [0, 0.1) is 0 Å². The fraction of sp³-hybridized carbons (Fsp3) is 0.522. The summed E-state index contributed by atoms with van der Waals surface area (Å²) in [5.41, 5.74) is 2.06. The van der Waals surface area contributed by atoms with Crippen molar-refractivity contribution >= 4 is 17.7 Å². The summed E-state index contributed by atoms with van der Waals surface area (Å²) in [4.78, 5) is 23.8. The zero-order valence-corrected chi connectivity index (χ0v) is 17.7. The van der Waals surface area contributed by atoms with E-state index in [9.17, 15) is 4.79 Å². The minimum Gasteiger partial charge on any atom is -0.349 e. The van der Waals surface area contributed by atoms with E-state index in [0.717, 1.165) is 42.9 Å². The average Bonchev–Trinajstić information content (AvgIpc) is 2.77. The maximum atomic E-state index is 12.6. The first kappa shape index (κ1) is 20.4. The molecule has 1 aliphatic carbocycles. The predicted molar refractivity (Wildman–Crippen MR) is 117 cm³/mol. The van der Waals surface area contributed by atoms with Gasteiger partial charge in [0.25, 0.3) is 5.91 Å². The molecule has 1 aromatic heterocycles. The standard InChI is InChI=1S/C23H30N4OS/c28-22(19-7-5-18(6-8-19)17-27-15-2-1-3-16-27)26-20-9-11-21(12-10-20)29-23-24-13-4-14-25-23/h4-8,13-14,20-21H,1-3,9-12,15-17H2,(H,26,28). The van der Waals surface area contributed by atoms with Gasteiger partial charge in [0.15, 0.2) is 5.16 Å². The molecule has 2 heterocycles. The highest BCUT2D eigenvalue weighted by Crippen LogP contribution is 2.31. The SMILES string of the molecule is O=C(NC1CCC(Sc2ncccn2)CC1)c1ccc(CN2CCCCC2)cc1. The molecule has 154 valence electrons. The Hall–Kier alpha value is -1.92. The summed E-state index contributed by atoms with van der Waals surface area (Å²) in [5, 5.41) is 4.62. The van der Waals surface area contributed by atoms with Gasteiger partial charge in [-0.2, -0.15) is 0 Å². The van der Waals surface area contributed by atoms with E-state index in [-0.39, 0.29) is 11.9 Å². The van der Waals surface area contributed by atoms with E-state index in [1.165, 1.54) is 37.9 Å². The Morgan fingerprint density at radius 2 is 1.69 bits per heavy atom. The number of piperidine rings is 1. The zero-order valence-electron chi connectivity index (χ0n) is 16.9. The van der Waals surface area contributed by atoms with E-state index in [2.05, 4.69) is 32.3 Å². The fourth-order valence-corrected chi connectivity index (χ4v) is 5.28. The van der Waals surface area contributed by atoms with Crippen molar-refractivity contribution in [3.63, 3.8) is 0 Å². The molecule has 2 fully saturated rings. The Balaban J connectivity index is 1.22. The number of benzene rings is 1. The van der Waals surface area contributed by atoms with Gasteiger partial charge in [0, 0.05) is 35.8 Å². The van der Waals surface area contributed by atoms with Crippen molar-refractivity contribution < 1.29 is 4.79 Å². The number of carbonyl (C=O) groups is 1. The minimum atomic E-state index is 0.0528. The first-order valence-corrected chi connectivity index (χ1v) is 11.7. The van der Waals surface area contributed by atoms with Gasteiger partial charge in [0.05, 0.1) is 0 Å².